The van der Waals surface area contributed by atoms with Crippen molar-refractivity contribution in [3.05, 3.63) is 28.8 Å². The number of nitrogens with one attached hydrogen (secondary N) is 1. The van der Waals surface area contributed by atoms with Gasteiger partial charge < -0.3 is 10.1 Å². The average Bonchev–Trinajstić information content (AvgIpc) is 2.55. The van der Waals surface area contributed by atoms with Crippen molar-refractivity contribution in [2.75, 3.05) is 18.5 Å². The molecular weight excluding hydrogens is 226 g/mol. The molecule has 0 unspecified atom stereocenters. The Morgan fingerprint density at radius 1 is 1.31 bits per heavy atom. The molecule has 0 radical (unpaired) electrons. The fourth-order valence-corrected chi connectivity index (χ4v) is 3.02. The van der Waals surface area contributed by atoms with E-state index in [2.05, 4.69) is 5.32 Å². The van der Waals surface area contributed by atoms with Crippen LogP contribution in [0.25, 0.3) is 0 Å². The maximum atomic E-state index is 12.1. The third-order valence-corrected chi connectivity index (χ3v) is 3.84. The number of rotatable bonds is 0. The largest absolute Gasteiger partial charge is 0.381 e. The monoisotopic (exact) mass is 237 g/mol. The Morgan fingerprint density at radius 2 is 2.06 bits per heavy atom. The first-order valence-corrected chi connectivity index (χ1v) is 5.80. The average molecular weight is 238 g/mol. The Kier molecular flexibility index (Phi) is 2.19. The quantitative estimate of drug-likeness (QED) is 0.752. The minimum absolute atomic E-state index is 0.0684. The molecule has 1 fully saturated rings. The lowest BCUT2D eigenvalue weighted by Crippen LogP contribution is -2.40. The summed E-state index contributed by atoms with van der Waals surface area (Å²) in [4.78, 5) is 12.1. The molecule has 0 aliphatic carbocycles. The predicted molar refractivity (Wildman–Crippen MR) is 61.8 cm³/mol. The first-order chi connectivity index (χ1) is 7.74. The van der Waals surface area contributed by atoms with Crippen molar-refractivity contribution in [1.29, 1.82) is 0 Å². The lowest BCUT2D eigenvalue weighted by atomic mass is 9.75. The van der Waals surface area contributed by atoms with E-state index in [1.54, 1.807) is 0 Å². The van der Waals surface area contributed by atoms with Crippen LogP contribution in [0.3, 0.4) is 0 Å². The van der Waals surface area contributed by atoms with E-state index in [0.717, 1.165) is 24.1 Å². The third-order valence-electron chi connectivity index (χ3n) is 3.52. The first-order valence-electron chi connectivity index (χ1n) is 5.42. The Hall–Kier alpha value is -1.06. The van der Waals surface area contributed by atoms with E-state index in [4.69, 9.17) is 16.3 Å². The molecule has 0 aromatic heterocycles. The minimum Gasteiger partial charge on any atom is -0.381 e. The highest BCUT2D eigenvalue weighted by Gasteiger charge is 2.48. The molecule has 1 amide bonds. The molecule has 4 heteroatoms. The highest BCUT2D eigenvalue weighted by Crippen LogP contribution is 2.47. The van der Waals surface area contributed by atoms with E-state index < -0.39 is 5.41 Å². The minimum atomic E-state index is -0.452. The second-order valence-electron chi connectivity index (χ2n) is 4.31. The fourth-order valence-electron chi connectivity index (χ4n) is 2.67. The molecule has 2 heterocycles. The van der Waals surface area contributed by atoms with Gasteiger partial charge >= 0.3 is 0 Å². The highest BCUT2D eigenvalue weighted by atomic mass is 35.5. The summed E-state index contributed by atoms with van der Waals surface area (Å²) in [6.07, 6.45) is 1.44. The topological polar surface area (TPSA) is 38.3 Å². The van der Waals surface area contributed by atoms with Crippen molar-refractivity contribution in [1.82, 2.24) is 0 Å². The van der Waals surface area contributed by atoms with Gasteiger partial charge in [0, 0.05) is 29.5 Å². The van der Waals surface area contributed by atoms with Crippen LogP contribution in [0.4, 0.5) is 5.69 Å². The summed E-state index contributed by atoms with van der Waals surface area (Å²) in [5.74, 6) is 0.0684. The van der Waals surface area contributed by atoms with Gasteiger partial charge in [-0.2, -0.15) is 0 Å². The van der Waals surface area contributed by atoms with Crippen LogP contribution >= 0.6 is 11.6 Å². The second-order valence-corrected chi connectivity index (χ2v) is 4.72. The van der Waals surface area contributed by atoms with Gasteiger partial charge in [-0.25, -0.2) is 0 Å². The first kappa shape index (κ1) is 10.1. The third kappa shape index (κ3) is 1.22. The number of halogens is 1. The lowest BCUT2D eigenvalue weighted by molar-refractivity contribution is -0.124. The van der Waals surface area contributed by atoms with Crippen molar-refractivity contribution in [2.24, 2.45) is 0 Å². The molecule has 1 N–H and O–H groups in total. The molecule has 1 aromatic rings. The maximum absolute atomic E-state index is 12.1. The number of hydrogen-bond acceptors (Lipinski definition) is 2. The molecule has 0 saturated carbocycles. The highest BCUT2D eigenvalue weighted by molar-refractivity contribution is 6.33. The van der Waals surface area contributed by atoms with Gasteiger partial charge in [0.15, 0.2) is 0 Å². The molecule has 1 saturated heterocycles. The molecular formula is C12H12ClNO2. The number of carbonyl (C=O) groups excluding carboxylic acids is 1. The van der Waals surface area contributed by atoms with Gasteiger partial charge in [-0.15, -0.1) is 0 Å². The van der Waals surface area contributed by atoms with Crippen molar-refractivity contribution in [3.8, 4) is 0 Å². The van der Waals surface area contributed by atoms with Crippen LogP contribution in [0.2, 0.25) is 5.02 Å². The van der Waals surface area contributed by atoms with Crippen LogP contribution in [0.15, 0.2) is 18.2 Å². The normalized spacial score (nSPS) is 21.9. The zero-order chi connectivity index (χ0) is 11.2. The molecule has 2 aliphatic heterocycles. The van der Waals surface area contributed by atoms with E-state index in [-0.39, 0.29) is 5.91 Å². The van der Waals surface area contributed by atoms with Crippen molar-refractivity contribution >= 4 is 23.2 Å². The van der Waals surface area contributed by atoms with Crippen LogP contribution < -0.4 is 5.32 Å². The summed E-state index contributed by atoms with van der Waals surface area (Å²) in [5, 5.41) is 3.60. The van der Waals surface area contributed by atoms with Crippen LogP contribution in [0, 0.1) is 0 Å². The number of anilines is 1. The van der Waals surface area contributed by atoms with Crippen molar-refractivity contribution in [3.63, 3.8) is 0 Å². The van der Waals surface area contributed by atoms with Gasteiger partial charge in [-0.3, -0.25) is 4.79 Å². The Labute approximate surface area is 98.7 Å². The number of hydrogen-bond donors (Lipinski definition) is 1. The summed E-state index contributed by atoms with van der Waals surface area (Å²) < 4.78 is 5.34. The predicted octanol–water partition coefficient (Wildman–Crippen LogP) is 2.34. The van der Waals surface area contributed by atoms with Gasteiger partial charge in [0.05, 0.1) is 5.41 Å². The zero-order valence-electron chi connectivity index (χ0n) is 8.75. The smallest absolute Gasteiger partial charge is 0.235 e. The van der Waals surface area contributed by atoms with E-state index in [1.807, 2.05) is 18.2 Å². The SMILES string of the molecule is O=C1Nc2cccc(Cl)c2C12CCOCC2. The van der Waals surface area contributed by atoms with E-state index in [9.17, 15) is 4.79 Å². The molecule has 84 valence electrons. The standard InChI is InChI=1S/C12H12ClNO2/c13-8-2-1-3-9-10(8)12(11(15)14-9)4-6-16-7-5-12/h1-3H,4-7H2,(H,14,15). The Bertz CT molecular complexity index is 452. The number of carbonyl (C=O) groups is 1. The van der Waals surface area contributed by atoms with Gasteiger partial charge in [0.2, 0.25) is 5.91 Å². The van der Waals surface area contributed by atoms with Gasteiger partial charge in [-0.1, -0.05) is 17.7 Å². The van der Waals surface area contributed by atoms with Crippen molar-refractivity contribution in [2.45, 2.75) is 18.3 Å². The van der Waals surface area contributed by atoms with E-state index in [0.29, 0.717) is 18.2 Å². The maximum Gasteiger partial charge on any atom is 0.235 e. The number of fused-ring (bicyclic) bond motifs is 2. The molecule has 0 bridgehead atoms. The number of benzene rings is 1. The summed E-state index contributed by atoms with van der Waals surface area (Å²) in [7, 11) is 0. The van der Waals surface area contributed by atoms with Crippen LogP contribution in [0.1, 0.15) is 18.4 Å². The van der Waals surface area contributed by atoms with Crippen LogP contribution in [0.5, 0.6) is 0 Å². The summed E-state index contributed by atoms with van der Waals surface area (Å²) in [5.41, 5.74) is 1.37. The van der Waals surface area contributed by atoms with Gasteiger partial charge in [-0.05, 0) is 25.0 Å². The molecule has 2 aliphatic rings. The Morgan fingerprint density at radius 3 is 2.81 bits per heavy atom. The van der Waals surface area contributed by atoms with E-state index >= 15 is 0 Å². The van der Waals surface area contributed by atoms with Crippen LogP contribution in [-0.2, 0) is 14.9 Å². The molecule has 16 heavy (non-hydrogen) atoms. The zero-order valence-corrected chi connectivity index (χ0v) is 9.51. The van der Waals surface area contributed by atoms with Gasteiger partial charge in [0.1, 0.15) is 0 Å². The fraction of sp³-hybridized carbons (Fsp3) is 0.417. The van der Waals surface area contributed by atoms with Gasteiger partial charge in [0.25, 0.3) is 0 Å². The Balaban J connectivity index is 2.17. The lowest BCUT2D eigenvalue weighted by Gasteiger charge is -2.31. The summed E-state index contributed by atoms with van der Waals surface area (Å²) >= 11 is 6.22. The van der Waals surface area contributed by atoms with Crippen LogP contribution in [-0.4, -0.2) is 19.1 Å². The second kappa shape index (κ2) is 3.47. The summed E-state index contributed by atoms with van der Waals surface area (Å²) in [6.45, 7) is 1.25. The molecule has 1 aromatic carbocycles. The summed E-state index contributed by atoms with van der Waals surface area (Å²) in [6, 6.07) is 5.61. The molecule has 1 spiro atoms. The van der Waals surface area contributed by atoms with E-state index in [1.165, 1.54) is 0 Å². The molecule has 0 atom stereocenters. The molecule has 3 nitrogen and oxygen atoms in total. The number of ether oxygens (including phenoxy) is 1. The molecule has 3 rings (SSSR count). The number of amides is 1. The van der Waals surface area contributed by atoms with Crippen molar-refractivity contribution < 1.29 is 9.53 Å².